The van der Waals surface area contributed by atoms with E-state index in [1.807, 2.05) is 0 Å². The largest absolute Gasteiger partial charge is 0.381 e. The molecule has 0 amide bonds. The summed E-state index contributed by atoms with van der Waals surface area (Å²) in [7, 11) is 2.08. The molecular formula is C12H15Cl2N3O2. The summed E-state index contributed by atoms with van der Waals surface area (Å²) >= 11 is 12.0. The average Bonchev–Trinajstić information content (AvgIpc) is 3.15. The third-order valence-corrected chi connectivity index (χ3v) is 3.77. The first-order chi connectivity index (χ1) is 8.99. The summed E-state index contributed by atoms with van der Waals surface area (Å²) in [6.45, 7) is 1.58. The number of nitrogens with one attached hydrogen (secondary N) is 1. The second-order valence-corrected chi connectivity index (χ2v) is 5.49. The van der Waals surface area contributed by atoms with Crippen LogP contribution >= 0.6 is 23.2 Å². The van der Waals surface area contributed by atoms with E-state index >= 15 is 0 Å². The van der Waals surface area contributed by atoms with Crippen LogP contribution in [0.15, 0.2) is 12.1 Å². The van der Waals surface area contributed by atoms with Gasteiger partial charge in [-0.05, 0) is 19.9 Å². The standard InChI is InChI=1S/C12H15Cl2N3O2/c1-16(8-2-3-8)5-4-15-12-10(13)6-9(17(18)19)7-11(12)14/h6-8,15H,2-5H2,1H3. The lowest BCUT2D eigenvalue weighted by Crippen LogP contribution is -2.27. The van der Waals surface area contributed by atoms with Gasteiger partial charge in [0.25, 0.3) is 5.69 Å². The topological polar surface area (TPSA) is 58.4 Å². The van der Waals surface area contributed by atoms with Crippen molar-refractivity contribution in [3.05, 3.63) is 32.3 Å². The molecule has 2 rings (SSSR count). The summed E-state index contributed by atoms with van der Waals surface area (Å²) in [5.74, 6) is 0. The Morgan fingerprint density at radius 3 is 2.47 bits per heavy atom. The van der Waals surface area contributed by atoms with Crippen LogP contribution < -0.4 is 5.32 Å². The molecule has 19 heavy (non-hydrogen) atoms. The summed E-state index contributed by atoms with van der Waals surface area (Å²) in [5, 5.41) is 14.3. The molecule has 1 aromatic carbocycles. The Hall–Kier alpha value is -1.04. The summed E-state index contributed by atoms with van der Waals surface area (Å²) in [6.07, 6.45) is 2.52. The van der Waals surface area contributed by atoms with Gasteiger partial charge in [0.1, 0.15) is 0 Å². The third-order valence-electron chi connectivity index (χ3n) is 3.17. The van der Waals surface area contributed by atoms with Crippen molar-refractivity contribution < 1.29 is 4.92 Å². The van der Waals surface area contributed by atoms with E-state index in [2.05, 4.69) is 17.3 Å². The Kier molecular flexibility index (Phi) is 4.50. The molecule has 0 saturated heterocycles. The molecule has 1 fully saturated rings. The van der Waals surface area contributed by atoms with Crippen molar-refractivity contribution in [1.82, 2.24) is 4.90 Å². The molecule has 0 atom stereocenters. The molecule has 5 nitrogen and oxygen atoms in total. The van der Waals surface area contributed by atoms with E-state index in [9.17, 15) is 10.1 Å². The first-order valence-corrected chi connectivity index (χ1v) is 6.82. The zero-order chi connectivity index (χ0) is 14.0. The Morgan fingerprint density at radius 2 is 2.00 bits per heavy atom. The van der Waals surface area contributed by atoms with E-state index in [1.54, 1.807) is 0 Å². The molecule has 1 aromatic rings. The van der Waals surface area contributed by atoms with Crippen molar-refractivity contribution >= 4 is 34.6 Å². The highest BCUT2D eigenvalue weighted by Gasteiger charge is 2.25. The van der Waals surface area contributed by atoms with Crippen LogP contribution in [-0.4, -0.2) is 36.0 Å². The molecule has 0 aromatic heterocycles. The minimum Gasteiger partial charge on any atom is -0.381 e. The minimum absolute atomic E-state index is 0.101. The zero-order valence-corrected chi connectivity index (χ0v) is 12.0. The van der Waals surface area contributed by atoms with Crippen LogP contribution in [0.25, 0.3) is 0 Å². The van der Waals surface area contributed by atoms with Gasteiger partial charge in [-0.1, -0.05) is 23.2 Å². The fraction of sp³-hybridized carbons (Fsp3) is 0.500. The lowest BCUT2D eigenvalue weighted by Gasteiger charge is -2.17. The van der Waals surface area contributed by atoms with Crippen molar-refractivity contribution in [1.29, 1.82) is 0 Å². The van der Waals surface area contributed by atoms with Gasteiger partial charge in [-0.3, -0.25) is 10.1 Å². The second kappa shape index (κ2) is 5.94. The maximum absolute atomic E-state index is 10.7. The zero-order valence-electron chi connectivity index (χ0n) is 10.5. The Labute approximate surface area is 121 Å². The molecule has 0 radical (unpaired) electrons. The summed E-state index contributed by atoms with van der Waals surface area (Å²) in [4.78, 5) is 12.4. The minimum atomic E-state index is -0.511. The van der Waals surface area contributed by atoms with Gasteiger partial charge in [-0.15, -0.1) is 0 Å². The maximum atomic E-state index is 10.7. The number of hydrogen-bond donors (Lipinski definition) is 1. The summed E-state index contributed by atoms with van der Waals surface area (Å²) in [6, 6.07) is 3.31. The SMILES string of the molecule is CN(CCNc1c(Cl)cc([N+](=O)[O-])cc1Cl)C1CC1. The van der Waals surface area contributed by atoms with Crippen molar-refractivity contribution in [2.24, 2.45) is 0 Å². The first-order valence-electron chi connectivity index (χ1n) is 6.06. The predicted octanol–water partition coefficient (Wildman–Crippen LogP) is 3.41. The van der Waals surface area contributed by atoms with Crippen molar-refractivity contribution in [3.63, 3.8) is 0 Å². The summed E-state index contributed by atoms with van der Waals surface area (Å²) < 4.78 is 0. The second-order valence-electron chi connectivity index (χ2n) is 4.68. The van der Waals surface area contributed by atoms with Crippen molar-refractivity contribution in [2.75, 3.05) is 25.5 Å². The predicted molar refractivity (Wildman–Crippen MR) is 77.3 cm³/mol. The van der Waals surface area contributed by atoms with E-state index in [4.69, 9.17) is 23.2 Å². The van der Waals surface area contributed by atoms with Gasteiger partial charge < -0.3 is 10.2 Å². The molecule has 1 aliphatic rings. The number of nitro benzene ring substituents is 1. The van der Waals surface area contributed by atoms with Gasteiger partial charge in [-0.2, -0.15) is 0 Å². The van der Waals surface area contributed by atoms with Crippen molar-refractivity contribution in [2.45, 2.75) is 18.9 Å². The van der Waals surface area contributed by atoms with Crippen LogP contribution in [0.5, 0.6) is 0 Å². The molecule has 7 heteroatoms. The van der Waals surface area contributed by atoms with E-state index in [0.717, 1.165) is 6.54 Å². The van der Waals surface area contributed by atoms with E-state index < -0.39 is 4.92 Å². The number of anilines is 1. The quantitative estimate of drug-likeness (QED) is 0.646. The molecule has 1 N–H and O–H groups in total. The number of benzene rings is 1. The highest BCUT2D eigenvalue weighted by atomic mass is 35.5. The number of nitrogens with zero attached hydrogens (tertiary/aromatic N) is 2. The Balaban J connectivity index is 1.97. The first kappa shape index (κ1) is 14.4. The smallest absolute Gasteiger partial charge is 0.272 e. The van der Waals surface area contributed by atoms with Crippen molar-refractivity contribution in [3.8, 4) is 0 Å². The third kappa shape index (κ3) is 3.72. The number of hydrogen-bond acceptors (Lipinski definition) is 4. The lowest BCUT2D eigenvalue weighted by atomic mass is 10.2. The van der Waals surface area contributed by atoms with E-state index in [-0.39, 0.29) is 15.7 Å². The van der Waals surface area contributed by atoms with Gasteiger partial charge in [0.05, 0.1) is 20.7 Å². The van der Waals surface area contributed by atoms with Crippen LogP contribution in [0.1, 0.15) is 12.8 Å². The monoisotopic (exact) mass is 303 g/mol. The normalized spacial score (nSPS) is 14.7. The molecule has 1 aliphatic carbocycles. The highest BCUT2D eigenvalue weighted by molar-refractivity contribution is 6.39. The fourth-order valence-corrected chi connectivity index (χ4v) is 2.50. The number of non-ortho nitro benzene ring substituents is 1. The number of halogens is 2. The van der Waals surface area contributed by atoms with Gasteiger partial charge in [0.15, 0.2) is 0 Å². The molecule has 0 heterocycles. The molecule has 104 valence electrons. The molecule has 0 unspecified atom stereocenters. The lowest BCUT2D eigenvalue weighted by molar-refractivity contribution is -0.384. The van der Waals surface area contributed by atoms with Gasteiger partial charge >= 0.3 is 0 Å². The van der Waals surface area contributed by atoms with Crippen LogP contribution in [0.3, 0.4) is 0 Å². The number of likely N-dealkylation sites (N-methyl/N-ethyl adjacent to an activating group) is 1. The van der Waals surface area contributed by atoms with Crippen LogP contribution in [-0.2, 0) is 0 Å². The maximum Gasteiger partial charge on any atom is 0.272 e. The van der Waals surface area contributed by atoms with E-state index in [0.29, 0.717) is 18.3 Å². The van der Waals surface area contributed by atoms with E-state index in [1.165, 1.54) is 25.0 Å². The Bertz CT molecular complexity index is 469. The van der Waals surface area contributed by atoms with Crippen LogP contribution in [0, 0.1) is 10.1 Å². The van der Waals surface area contributed by atoms with Gasteiger partial charge in [0.2, 0.25) is 0 Å². The van der Waals surface area contributed by atoms with Gasteiger partial charge in [0, 0.05) is 31.3 Å². The Morgan fingerprint density at radius 1 is 1.42 bits per heavy atom. The number of nitro groups is 1. The average molecular weight is 304 g/mol. The van der Waals surface area contributed by atoms with Crippen LogP contribution in [0.2, 0.25) is 10.0 Å². The van der Waals surface area contributed by atoms with Crippen LogP contribution in [0.4, 0.5) is 11.4 Å². The molecular weight excluding hydrogens is 289 g/mol. The fourth-order valence-electron chi connectivity index (χ4n) is 1.89. The molecule has 0 aliphatic heterocycles. The molecule has 0 spiro atoms. The number of rotatable bonds is 6. The summed E-state index contributed by atoms with van der Waals surface area (Å²) in [5.41, 5.74) is 0.453. The molecule has 0 bridgehead atoms. The highest BCUT2D eigenvalue weighted by Crippen LogP contribution is 2.34. The van der Waals surface area contributed by atoms with Gasteiger partial charge in [-0.25, -0.2) is 0 Å². The molecule has 1 saturated carbocycles.